The smallest absolute Gasteiger partial charge is 0.274 e. The van der Waals surface area contributed by atoms with E-state index in [1.165, 1.54) is 10.2 Å². The number of fused-ring (bicyclic) bond motifs is 1. The summed E-state index contributed by atoms with van der Waals surface area (Å²) in [7, 11) is 1.60. The minimum Gasteiger partial charge on any atom is -0.352 e. The number of rotatable bonds is 6. The van der Waals surface area contributed by atoms with Crippen molar-refractivity contribution in [3.63, 3.8) is 0 Å². The zero-order valence-electron chi connectivity index (χ0n) is 17.9. The van der Waals surface area contributed by atoms with Gasteiger partial charge in [-0.05, 0) is 25.5 Å². The normalized spacial score (nSPS) is 11.1. The number of nitrogens with zero attached hydrogens (tertiary/aromatic N) is 4. The van der Waals surface area contributed by atoms with Crippen LogP contribution in [0.4, 0.5) is 0 Å². The molecule has 0 fully saturated rings. The highest BCUT2D eigenvalue weighted by molar-refractivity contribution is 5.88. The van der Waals surface area contributed by atoms with Crippen LogP contribution in [-0.4, -0.2) is 25.5 Å². The number of carbonyl (C=O) groups is 1. The van der Waals surface area contributed by atoms with E-state index in [0.717, 1.165) is 17.0 Å². The molecular weight excluding hydrogens is 390 g/mol. The fourth-order valence-corrected chi connectivity index (χ4v) is 3.81. The van der Waals surface area contributed by atoms with Gasteiger partial charge in [0.15, 0.2) is 0 Å². The standard InChI is InChI=1S/C24H25N5O2/c1-16-21(17(2)29(26-16)15-18-9-5-4-6-10-18)14-25-23(30)13-22-19-11-7-8-12-20(19)24(31)28(3)27-22/h4-12H,13-15H2,1-3H3,(H,25,30). The number of aryl methyl sites for hydroxylation is 2. The zero-order valence-corrected chi connectivity index (χ0v) is 17.9. The highest BCUT2D eigenvalue weighted by atomic mass is 16.1. The Kier molecular flexibility index (Phi) is 5.66. The van der Waals surface area contributed by atoms with E-state index in [4.69, 9.17) is 0 Å². The molecule has 0 aliphatic carbocycles. The molecule has 0 aliphatic heterocycles. The molecular formula is C24H25N5O2. The van der Waals surface area contributed by atoms with E-state index in [1.54, 1.807) is 13.1 Å². The van der Waals surface area contributed by atoms with Crippen LogP contribution < -0.4 is 10.9 Å². The summed E-state index contributed by atoms with van der Waals surface area (Å²) in [5.41, 5.74) is 4.55. The summed E-state index contributed by atoms with van der Waals surface area (Å²) in [5.74, 6) is -0.147. The van der Waals surface area contributed by atoms with Crippen molar-refractivity contribution < 1.29 is 4.79 Å². The van der Waals surface area contributed by atoms with Crippen molar-refractivity contribution in [3.05, 3.63) is 93.2 Å². The van der Waals surface area contributed by atoms with Crippen LogP contribution in [0.5, 0.6) is 0 Å². The maximum Gasteiger partial charge on any atom is 0.274 e. The third kappa shape index (κ3) is 4.26. The lowest BCUT2D eigenvalue weighted by Crippen LogP contribution is -2.28. The lowest BCUT2D eigenvalue weighted by atomic mass is 10.1. The number of carbonyl (C=O) groups excluding carboxylic acids is 1. The molecule has 2 aromatic carbocycles. The first kappa shape index (κ1) is 20.5. The molecule has 2 aromatic heterocycles. The minimum absolute atomic E-state index is 0.102. The Morgan fingerprint density at radius 3 is 2.39 bits per heavy atom. The van der Waals surface area contributed by atoms with Gasteiger partial charge >= 0.3 is 0 Å². The lowest BCUT2D eigenvalue weighted by Gasteiger charge is -2.09. The number of hydrogen-bond acceptors (Lipinski definition) is 4. The van der Waals surface area contributed by atoms with E-state index in [-0.39, 0.29) is 17.9 Å². The molecule has 7 nitrogen and oxygen atoms in total. The average Bonchev–Trinajstić information content (AvgIpc) is 3.03. The first-order chi connectivity index (χ1) is 14.9. The Bertz CT molecular complexity index is 1310. The van der Waals surface area contributed by atoms with Gasteiger partial charge in [0.05, 0.1) is 29.7 Å². The van der Waals surface area contributed by atoms with Crippen molar-refractivity contribution in [2.75, 3.05) is 0 Å². The molecule has 2 heterocycles. The van der Waals surface area contributed by atoms with Crippen LogP contribution in [0.3, 0.4) is 0 Å². The quantitative estimate of drug-likeness (QED) is 0.525. The summed E-state index contributed by atoms with van der Waals surface area (Å²) in [4.78, 5) is 25.0. The number of nitrogens with one attached hydrogen (secondary N) is 1. The number of aromatic nitrogens is 4. The largest absolute Gasteiger partial charge is 0.352 e. The average molecular weight is 415 g/mol. The van der Waals surface area contributed by atoms with Gasteiger partial charge < -0.3 is 5.32 Å². The fraction of sp³-hybridized carbons (Fsp3) is 0.250. The summed E-state index contributed by atoms with van der Waals surface area (Å²) < 4.78 is 3.25. The second-order valence-electron chi connectivity index (χ2n) is 7.67. The molecule has 0 spiro atoms. The van der Waals surface area contributed by atoms with Gasteiger partial charge in [-0.1, -0.05) is 48.5 Å². The predicted octanol–water partition coefficient (Wildman–Crippen LogP) is 2.65. The Morgan fingerprint density at radius 2 is 1.65 bits per heavy atom. The van der Waals surface area contributed by atoms with Gasteiger partial charge in [-0.25, -0.2) is 4.68 Å². The van der Waals surface area contributed by atoms with E-state index in [2.05, 4.69) is 27.6 Å². The molecule has 0 saturated carbocycles. The molecule has 0 saturated heterocycles. The van der Waals surface area contributed by atoms with Crippen molar-refractivity contribution in [2.24, 2.45) is 7.05 Å². The Labute approximate surface area is 180 Å². The van der Waals surface area contributed by atoms with Gasteiger partial charge in [-0.2, -0.15) is 10.2 Å². The Balaban J connectivity index is 1.48. The van der Waals surface area contributed by atoms with E-state index in [1.807, 2.05) is 54.9 Å². The van der Waals surface area contributed by atoms with Crippen molar-refractivity contribution in [1.82, 2.24) is 24.9 Å². The molecule has 7 heteroatoms. The summed E-state index contributed by atoms with van der Waals surface area (Å²) in [6, 6.07) is 17.4. The van der Waals surface area contributed by atoms with Crippen molar-refractivity contribution in [2.45, 2.75) is 33.4 Å². The number of hydrogen-bond donors (Lipinski definition) is 1. The van der Waals surface area contributed by atoms with Gasteiger partial charge in [0.25, 0.3) is 5.56 Å². The van der Waals surface area contributed by atoms with E-state index in [9.17, 15) is 9.59 Å². The molecule has 4 rings (SSSR count). The zero-order chi connectivity index (χ0) is 22.0. The van der Waals surface area contributed by atoms with Gasteiger partial charge in [0, 0.05) is 30.2 Å². The molecule has 31 heavy (non-hydrogen) atoms. The van der Waals surface area contributed by atoms with Crippen LogP contribution in [0, 0.1) is 13.8 Å². The van der Waals surface area contributed by atoms with E-state index in [0.29, 0.717) is 29.6 Å². The summed E-state index contributed by atoms with van der Waals surface area (Å²) in [6.07, 6.45) is 0.102. The molecule has 4 aromatic rings. The molecule has 0 bridgehead atoms. The second kappa shape index (κ2) is 8.55. The minimum atomic E-state index is -0.170. The van der Waals surface area contributed by atoms with Crippen LogP contribution in [-0.2, 0) is 31.4 Å². The lowest BCUT2D eigenvalue weighted by molar-refractivity contribution is -0.120. The van der Waals surface area contributed by atoms with Crippen LogP contribution in [0.15, 0.2) is 59.4 Å². The summed E-state index contributed by atoms with van der Waals surface area (Å²) in [6.45, 7) is 5.06. The second-order valence-corrected chi connectivity index (χ2v) is 7.67. The third-order valence-corrected chi connectivity index (χ3v) is 5.53. The summed E-state index contributed by atoms with van der Waals surface area (Å²) in [5, 5.41) is 13.2. The number of benzene rings is 2. The highest BCUT2D eigenvalue weighted by Crippen LogP contribution is 2.16. The van der Waals surface area contributed by atoms with Gasteiger partial charge in [0.1, 0.15) is 0 Å². The van der Waals surface area contributed by atoms with Crippen molar-refractivity contribution >= 4 is 16.7 Å². The van der Waals surface area contributed by atoms with E-state index >= 15 is 0 Å². The monoisotopic (exact) mass is 415 g/mol. The number of amides is 1. The molecule has 1 amide bonds. The molecule has 0 unspecified atom stereocenters. The van der Waals surface area contributed by atoms with Crippen LogP contribution in [0.1, 0.15) is 28.2 Å². The molecule has 1 N–H and O–H groups in total. The Hall–Kier alpha value is -3.74. The molecule has 0 aliphatic rings. The van der Waals surface area contributed by atoms with Crippen molar-refractivity contribution in [1.29, 1.82) is 0 Å². The van der Waals surface area contributed by atoms with Gasteiger partial charge in [0.2, 0.25) is 5.91 Å². The molecule has 0 atom stereocenters. The highest BCUT2D eigenvalue weighted by Gasteiger charge is 2.15. The first-order valence-electron chi connectivity index (χ1n) is 10.2. The van der Waals surface area contributed by atoms with Crippen LogP contribution in [0.25, 0.3) is 10.8 Å². The third-order valence-electron chi connectivity index (χ3n) is 5.53. The maximum atomic E-state index is 12.7. The van der Waals surface area contributed by atoms with Crippen molar-refractivity contribution in [3.8, 4) is 0 Å². The molecule has 158 valence electrons. The summed E-state index contributed by atoms with van der Waals surface area (Å²) >= 11 is 0. The SMILES string of the molecule is Cc1nn(Cc2ccccc2)c(C)c1CNC(=O)Cc1nn(C)c(=O)c2ccccc12. The fourth-order valence-electron chi connectivity index (χ4n) is 3.81. The predicted molar refractivity (Wildman–Crippen MR) is 120 cm³/mol. The van der Waals surface area contributed by atoms with Gasteiger partial charge in [-0.15, -0.1) is 0 Å². The Morgan fingerprint density at radius 1 is 0.968 bits per heavy atom. The van der Waals surface area contributed by atoms with Crippen LogP contribution >= 0.6 is 0 Å². The van der Waals surface area contributed by atoms with Crippen LogP contribution in [0.2, 0.25) is 0 Å². The maximum absolute atomic E-state index is 12.7. The first-order valence-corrected chi connectivity index (χ1v) is 10.2. The van der Waals surface area contributed by atoms with Gasteiger partial charge in [-0.3, -0.25) is 14.3 Å². The van der Waals surface area contributed by atoms with E-state index < -0.39 is 0 Å². The molecule has 0 radical (unpaired) electrons. The topological polar surface area (TPSA) is 81.8 Å².